The third-order valence-electron chi connectivity index (χ3n) is 2.50. The average Bonchev–Trinajstić information content (AvgIpc) is 2.74. The van der Waals surface area contributed by atoms with Gasteiger partial charge in [-0.05, 0) is 25.0 Å². The fraction of sp³-hybridized carbons (Fsp3) is 0.250. The monoisotopic (exact) mass is 230 g/mol. The van der Waals surface area contributed by atoms with Gasteiger partial charge < -0.3 is 5.32 Å². The molecule has 0 aliphatic rings. The van der Waals surface area contributed by atoms with E-state index in [1.54, 1.807) is 6.92 Å². The Balaban J connectivity index is 1.99. The van der Waals surface area contributed by atoms with Crippen LogP contribution in [-0.2, 0) is 6.54 Å². The largest absolute Gasteiger partial charge is 0.345 e. The standard InChI is InChI=1S/C12H14N4O/c1-8-5-3-4-6-10(8)7-13-12(17)11-14-9(2)15-16-11/h3-6H,7H2,1-2H3,(H,13,17)(H,14,15,16). The molecule has 0 aliphatic heterocycles. The number of carbonyl (C=O) groups excluding carboxylic acids is 1. The quantitative estimate of drug-likeness (QED) is 0.836. The van der Waals surface area contributed by atoms with E-state index in [4.69, 9.17) is 0 Å². The zero-order valence-electron chi connectivity index (χ0n) is 9.82. The Hall–Kier alpha value is -2.17. The lowest BCUT2D eigenvalue weighted by atomic mass is 10.1. The average molecular weight is 230 g/mol. The van der Waals surface area contributed by atoms with Crippen molar-refractivity contribution in [2.24, 2.45) is 0 Å². The molecule has 0 radical (unpaired) electrons. The maximum atomic E-state index is 11.7. The van der Waals surface area contributed by atoms with Crippen molar-refractivity contribution in [1.29, 1.82) is 0 Å². The molecule has 5 nitrogen and oxygen atoms in total. The van der Waals surface area contributed by atoms with Crippen LogP contribution in [0.25, 0.3) is 0 Å². The third kappa shape index (κ3) is 2.69. The highest BCUT2D eigenvalue weighted by Gasteiger charge is 2.10. The maximum Gasteiger partial charge on any atom is 0.291 e. The van der Waals surface area contributed by atoms with Crippen molar-refractivity contribution >= 4 is 5.91 Å². The summed E-state index contributed by atoms with van der Waals surface area (Å²) in [5.41, 5.74) is 2.24. The van der Waals surface area contributed by atoms with E-state index in [0.29, 0.717) is 12.4 Å². The molecule has 0 aliphatic carbocycles. The molecule has 17 heavy (non-hydrogen) atoms. The zero-order chi connectivity index (χ0) is 12.3. The van der Waals surface area contributed by atoms with E-state index in [1.807, 2.05) is 31.2 Å². The summed E-state index contributed by atoms with van der Waals surface area (Å²) >= 11 is 0. The normalized spacial score (nSPS) is 10.2. The second kappa shape index (κ2) is 4.78. The van der Waals surface area contributed by atoms with E-state index >= 15 is 0 Å². The molecule has 0 saturated carbocycles. The van der Waals surface area contributed by atoms with Crippen LogP contribution in [0, 0.1) is 13.8 Å². The number of aromatic nitrogens is 3. The minimum atomic E-state index is -0.266. The van der Waals surface area contributed by atoms with Crippen LogP contribution in [-0.4, -0.2) is 21.1 Å². The van der Waals surface area contributed by atoms with Crippen LogP contribution in [0.5, 0.6) is 0 Å². The Morgan fingerprint density at radius 3 is 2.76 bits per heavy atom. The third-order valence-corrected chi connectivity index (χ3v) is 2.50. The van der Waals surface area contributed by atoms with Crippen molar-refractivity contribution in [1.82, 2.24) is 20.5 Å². The van der Waals surface area contributed by atoms with Crippen LogP contribution < -0.4 is 5.32 Å². The summed E-state index contributed by atoms with van der Waals surface area (Å²) in [6.07, 6.45) is 0. The molecule has 1 heterocycles. The van der Waals surface area contributed by atoms with Crippen molar-refractivity contribution in [2.75, 3.05) is 0 Å². The Morgan fingerprint density at radius 2 is 2.12 bits per heavy atom. The predicted octanol–water partition coefficient (Wildman–Crippen LogP) is 1.35. The van der Waals surface area contributed by atoms with Gasteiger partial charge in [0.1, 0.15) is 5.82 Å². The van der Waals surface area contributed by atoms with Gasteiger partial charge in [0.2, 0.25) is 5.82 Å². The van der Waals surface area contributed by atoms with Crippen LogP contribution in [0.3, 0.4) is 0 Å². The number of hydrogen-bond donors (Lipinski definition) is 2. The smallest absolute Gasteiger partial charge is 0.291 e. The summed E-state index contributed by atoms with van der Waals surface area (Å²) in [7, 11) is 0. The zero-order valence-corrected chi connectivity index (χ0v) is 9.82. The van der Waals surface area contributed by atoms with Crippen LogP contribution in [0.2, 0.25) is 0 Å². The number of nitrogens with zero attached hydrogens (tertiary/aromatic N) is 2. The Bertz CT molecular complexity index is 533. The first-order chi connectivity index (χ1) is 8.16. The van der Waals surface area contributed by atoms with Gasteiger partial charge in [0.15, 0.2) is 0 Å². The van der Waals surface area contributed by atoms with E-state index in [0.717, 1.165) is 11.1 Å². The number of rotatable bonds is 3. The minimum Gasteiger partial charge on any atom is -0.345 e. The molecule has 0 atom stereocenters. The fourth-order valence-electron chi connectivity index (χ4n) is 1.51. The molecule has 0 fully saturated rings. The number of nitrogens with one attached hydrogen (secondary N) is 2. The number of aryl methyl sites for hydroxylation is 2. The van der Waals surface area contributed by atoms with E-state index < -0.39 is 0 Å². The first-order valence-electron chi connectivity index (χ1n) is 5.38. The van der Waals surface area contributed by atoms with Crippen molar-refractivity contribution in [2.45, 2.75) is 20.4 Å². The number of carbonyl (C=O) groups is 1. The topological polar surface area (TPSA) is 70.7 Å². The summed E-state index contributed by atoms with van der Waals surface area (Å²) < 4.78 is 0. The highest BCUT2D eigenvalue weighted by Crippen LogP contribution is 2.06. The lowest BCUT2D eigenvalue weighted by Crippen LogP contribution is -2.24. The fourth-order valence-corrected chi connectivity index (χ4v) is 1.51. The summed E-state index contributed by atoms with van der Waals surface area (Å²) in [5, 5.41) is 9.22. The number of benzene rings is 1. The van der Waals surface area contributed by atoms with Crippen LogP contribution >= 0.6 is 0 Å². The molecule has 1 aromatic heterocycles. The molecule has 88 valence electrons. The van der Waals surface area contributed by atoms with Crippen LogP contribution in [0.15, 0.2) is 24.3 Å². The van der Waals surface area contributed by atoms with Crippen molar-refractivity contribution in [3.63, 3.8) is 0 Å². The summed E-state index contributed by atoms with van der Waals surface area (Å²) in [6, 6.07) is 7.92. The van der Waals surface area contributed by atoms with Gasteiger partial charge >= 0.3 is 0 Å². The number of H-pyrrole nitrogens is 1. The highest BCUT2D eigenvalue weighted by molar-refractivity contribution is 5.90. The second-order valence-corrected chi connectivity index (χ2v) is 3.85. The first kappa shape index (κ1) is 11.3. The lowest BCUT2D eigenvalue weighted by Gasteiger charge is -2.05. The van der Waals surface area contributed by atoms with Gasteiger partial charge in [-0.15, -0.1) is 5.10 Å². The number of aromatic amines is 1. The van der Waals surface area contributed by atoms with Gasteiger partial charge in [0.25, 0.3) is 5.91 Å². The van der Waals surface area contributed by atoms with Crippen molar-refractivity contribution in [3.05, 3.63) is 47.0 Å². The molecule has 2 aromatic rings. The van der Waals surface area contributed by atoms with Crippen LogP contribution in [0.1, 0.15) is 27.6 Å². The van der Waals surface area contributed by atoms with E-state index in [-0.39, 0.29) is 11.7 Å². The molecule has 2 N–H and O–H groups in total. The van der Waals surface area contributed by atoms with E-state index in [2.05, 4.69) is 20.5 Å². The molecule has 0 unspecified atom stereocenters. The summed E-state index contributed by atoms with van der Waals surface area (Å²) in [6.45, 7) is 4.25. The second-order valence-electron chi connectivity index (χ2n) is 3.85. The molecule has 1 aromatic carbocycles. The van der Waals surface area contributed by atoms with E-state index in [9.17, 15) is 4.79 Å². The SMILES string of the molecule is Cc1nc(C(=O)NCc2ccccc2C)n[nH]1. The Kier molecular flexibility index (Phi) is 3.18. The molecule has 2 rings (SSSR count). The van der Waals surface area contributed by atoms with E-state index in [1.165, 1.54) is 0 Å². The highest BCUT2D eigenvalue weighted by atomic mass is 16.2. The Labute approximate surface area is 99.3 Å². The maximum absolute atomic E-state index is 11.7. The molecule has 0 saturated heterocycles. The van der Waals surface area contributed by atoms with Gasteiger partial charge in [-0.25, -0.2) is 4.98 Å². The van der Waals surface area contributed by atoms with Gasteiger partial charge in [-0.3, -0.25) is 9.89 Å². The molecular weight excluding hydrogens is 216 g/mol. The van der Waals surface area contributed by atoms with Crippen molar-refractivity contribution in [3.8, 4) is 0 Å². The molecular formula is C12H14N4O. The van der Waals surface area contributed by atoms with Gasteiger partial charge in [-0.2, -0.15) is 0 Å². The minimum absolute atomic E-state index is 0.177. The number of amides is 1. The Morgan fingerprint density at radius 1 is 1.35 bits per heavy atom. The van der Waals surface area contributed by atoms with Crippen molar-refractivity contribution < 1.29 is 4.79 Å². The molecule has 0 spiro atoms. The number of hydrogen-bond acceptors (Lipinski definition) is 3. The lowest BCUT2D eigenvalue weighted by molar-refractivity contribution is 0.0941. The van der Waals surface area contributed by atoms with Gasteiger partial charge in [-0.1, -0.05) is 24.3 Å². The molecule has 0 bridgehead atoms. The molecule has 1 amide bonds. The molecule has 5 heteroatoms. The predicted molar refractivity (Wildman–Crippen MR) is 63.5 cm³/mol. The first-order valence-corrected chi connectivity index (χ1v) is 5.38. The summed E-state index contributed by atoms with van der Waals surface area (Å²) in [4.78, 5) is 15.7. The van der Waals surface area contributed by atoms with Crippen LogP contribution in [0.4, 0.5) is 0 Å². The summed E-state index contributed by atoms with van der Waals surface area (Å²) in [5.74, 6) is 0.541. The van der Waals surface area contributed by atoms with Gasteiger partial charge in [0.05, 0.1) is 0 Å². The van der Waals surface area contributed by atoms with Gasteiger partial charge in [0, 0.05) is 6.54 Å².